The molecule has 0 bridgehead atoms. The van der Waals surface area contributed by atoms with Gasteiger partial charge in [-0.15, -0.1) is 0 Å². The number of aromatic nitrogens is 2. The number of hydrogen-bond acceptors (Lipinski definition) is 5. The Labute approximate surface area is 116 Å². The molecule has 1 aliphatic rings. The van der Waals surface area contributed by atoms with Crippen molar-refractivity contribution >= 4 is 5.91 Å². The van der Waals surface area contributed by atoms with E-state index in [4.69, 9.17) is 9.26 Å². The van der Waals surface area contributed by atoms with Gasteiger partial charge in [0.1, 0.15) is 5.76 Å². The van der Waals surface area contributed by atoms with Crippen LogP contribution < -0.4 is 10.1 Å². The second-order valence-electron chi connectivity index (χ2n) is 4.74. The lowest BCUT2D eigenvalue weighted by Crippen LogP contribution is -2.23. The zero-order valence-electron chi connectivity index (χ0n) is 11.1. The smallest absolute Gasteiger partial charge is 0.273 e. The Hall–Kier alpha value is -2.37. The number of hydrogen-bond donors (Lipinski definition) is 1. The lowest BCUT2D eigenvalue weighted by Gasteiger charge is -2.07. The number of amides is 1. The van der Waals surface area contributed by atoms with Gasteiger partial charge in [-0.3, -0.25) is 4.79 Å². The Morgan fingerprint density at radius 3 is 3.15 bits per heavy atom. The first-order chi connectivity index (χ1) is 9.78. The monoisotopic (exact) mass is 273 g/mol. The molecule has 20 heavy (non-hydrogen) atoms. The van der Waals surface area contributed by atoms with Crippen molar-refractivity contribution in [2.75, 3.05) is 7.11 Å². The van der Waals surface area contributed by atoms with E-state index in [1.807, 2.05) is 6.07 Å². The number of ether oxygens (including phenoxy) is 1. The number of carbonyl (C=O) groups excluding carboxylic acids is 1. The summed E-state index contributed by atoms with van der Waals surface area (Å²) in [6, 6.07) is 5.36. The molecule has 0 radical (unpaired) electrons. The summed E-state index contributed by atoms with van der Waals surface area (Å²) in [6.07, 6.45) is 3.87. The number of rotatable bonds is 5. The highest BCUT2D eigenvalue weighted by molar-refractivity contribution is 5.92. The third-order valence-corrected chi connectivity index (χ3v) is 3.22. The molecule has 1 N–H and O–H groups in total. The number of nitrogens with zero attached hydrogens (tertiary/aromatic N) is 2. The van der Waals surface area contributed by atoms with Crippen molar-refractivity contribution in [2.24, 2.45) is 0 Å². The minimum Gasteiger partial charge on any atom is -0.481 e. The van der Waals surface area contributed by atoms with Gasteiger partial charge < -0.3 is 14.6 Å². The average Bonchev–Trinajstić information content (AvgIpc) is 3.22. The van der Waals surface area contributed by atoms with Crippen LogP contribution in [0.1, 0.15) is 40.6 Å². The summed E-state index contributed by atoms with van der Waals surface area (Å²) < 4.78 is 10.3. The van der Waals surface area contributed by atoms with Crippen LogP contribution in [0.3, 0.4) is 0 Å². The number of carbonyl (C=O) groups is 1. The van der Waals surface area contributed by atoms with Crippen LogP contribution in [0.25, 0.3) is 0 Å². The van der Waals surface area contributed by atoms with E-state index in [2.05, 4.69) is 15.5 Å². The Balaban J connectivity index is 1.63. The van der Waals surface area contributed by atoms with E-state index in [1.165, 1.54) is 0 Å². The van der Waals surface area contributed by atoms with Gasteiger partial charge in [0.05, 0.1) is 7.11 Å². The topological polar surface area (TPSA) is 77.2 Å². The summed E-state index contributed by atoms with van der Waals surface area (Å²) in [4.78, 5) is 16.1. The standard InChI is InChI=1S/C14H15N3O3/c1-19-14-10(3-2-6-15-14)8-16-13(18)11-7-12(20-17-11)9-4-5-9/h2-3,6-7,9H,4-5,8H2,1H3,(H,16,18). The first kappa shape index (κ1) is 12.7. The van der Waals surface area contributed by atoms with Crippen LogP contribution in [-0.4, -0.2) is 23.2 Å². The number of nitrogens with one attached hydrogen (secondary N) is 1. The lowest BCUT2D eigenvalue weighted by molar-refractivity contribution is 0.0941. The summed E-state index contributed by atoms with van der Waals surface area (Å²) in [7, 11) is 1.55. The van der Waals surface area contributed by atoms with Gasteiger partial charge in [-0.05, 0) is 18.9 Å². The van der Waals surface area contributed by atoms with E-state index in [9.17, 15) is 4.79 Å². The zero-order valence-corrected chi connectivity index (χ0v) is 11.1. The number of methoxy groups -OCH3 is 1. The molecule has 1 amide bonds. The van der Waals surface area contributed by atoms with Crippen molar-refractivity contribution < 1.29 is 14.1 Å². The maximum absolute atomic E-state index is 12.0. The Morgan fingerprint density at radius 1 is 1.55 bits per heavy atom. The van der Waals surface area contributed by atoms with Crippen LogP contribution in [0, 0.1) is 0 Å². The predicted molar refractivity (Wildman–Crippen MR) is 70.4 cm³/mol. The molecule has 0 aliphatic heterocycles. The fourth-order valence-corrected chi connectivity index (χ4v) is 1.97. The quantitative estimate of drug-likeness (QED) is 0.900. The van der Waals surface area contributed by atoms with Crippen molar-refractivity contribution in [1.82, 2.24) is 15.5 Å². The molecular formula is C14H15N3O3. The van der Waals surface area contributed by atoms with Crippen LogP contribution in [0.4, 0.5) is 0 Å². The van der Waals surface area contributed by atoms with Crippen molar-refractivity contribution in [1.29, 1.82) is 0 Å². The largest absolute Gasteiger partial charge is 0.481 e. The van der Waals surface area contributed by atoms with Crippen LogP contribution in [0.2, 0.25) is 0 Å². The molecule has 0 spiro atoms. The van der Waals surface area contributed by atoms with Crippen LogP contribution >= 0.6 is 0 Å². The van der Waals surface area contributed by atoms with E-state index in [0.29, 0.717) is 24.0 Å². The van der Waals surface area contributed by atoms with Crippen molar-refractivity contribution in [3.05, 3.63) is 41.4 Å². The van der Waals surface area contributed by atoms with Crippen molar-refractivity contribution in [2.45, 2.75) is 25.3 Å². The number of pyridine rings is 1. The molecule has 1 fully saturated rings. The molecule has 0 unspecified atom stereocenters. The Morgan fingerprint density at radius 2 is 2.40 bits per heavy atom. The molecule has 3 rings (SSSR count). The summed E-state index contributed by atoms with van der Waals surface area (Å²) >= 11 is 0. The van der Waals surface area contributed by atoms with E-state index in [-0.39, 0.29) is 5.91 Å². The summed E-state index contributed by atoms with van der Waals surface area (Å²) in [6.45, 7) is 0.335. The fourth-order valence-electron chi connectivity index (χ4n) is 1.97. The average molecular weight is 273 g/mol. The van der Waals surface area contributed by atoms with E-state index >= 15 is 0 Å². The van der Waals surface area contributed by atoms with E-state index < -0.39 is 0 Å². The molecule has 104 valence electrons. The maximum atomic E-state index is 12.0. The van der Waals surface area contributed by atoms with Crippen LogP contribution in [0.15, 0.2) is 28.9 Å². The molecule has 0 aromatic carbocycles. The first-order valence-electron chi connectivity index (χ1n) is 6.50. The van der Waals surface area contributed by atoms with Gasteiger partial charge in [-0.25, -0.2) is 4.98 Å². The minimum absolute atomic E-state index is 0.258. The second kappa shape index (κ2) is 5.32. The molecule has 0 saturated heterocycles. The summed E-state index contributed by atoms with van der Waals surface area (Å²) in [5.41, 5.74) is 1.13. The molecule has 2 aromatic rings. The highest BCUT2D eigenvalue weighted by atomic mass is 16.5. The van der Waals surface area contributed by atoms with Crippen LogP contribution in [-0.2, 0) is 6.54 Å². The molecule has 0 atom stereocenters. The van der Waals surface area contributed by atoms with E-state index in [0.717, 1.165) is 24.2 Å². The highest BCUT2D eigenvalue weighted by Gasteiger charge is 2.28. The normalized spacial score (nSPS) is 14.1. The summed E-state index contributed by atoms with van der Waals surface area (Å²) in [5.74, 6) is 1.50. The van der Waals surface area contributed by atoms with Gasteiger partial charge in [0.2, 0.25) is 5.88 Å². The van der Waals surface area contributed by atoms with Gasteiger partial charge in [0, 0.05) is 30.3 Å². The highest BCUT2D eigenvalue weighted by Crippen LogP contribution is 2.40. The Kier molecular flexibility index (Phi) is 3.37. The molecule has 6 nitrogen and oxygen atoms in total. The third kappa shape index (κ3) is 2.64. The third-order valence-electron chi connectivity index (χ3n) is 3.22. The van der Waals surface area contributed by atoms with Crippen molar-refractivity contribution in [3.63, 3.8) is 0 Å². The van der Waals surface area contributed by atoms with E-state index in [1.54, 1.807) is 25.4 Å². The molecule has 2 aromatic heterocycles. The van der Waals surface area contributed by atoms with Crippen LogP contribution in [0.5, 0.6) is 5.88 Å². The second-order valence-corrected chi connectivity index (χ2v) is 4.74. The SMILES string of the molecule is COc1ncccc1CNC(=O)c1cc(C2CC2)on1. The maximum Gasteiger partial charge on any atom is 0.273 e. The zero-order chi connectivity index (χ0) is 13.9. The van der Waals surface area contributed by atoms with Gasteiger partial charge in [0.25, 0.3) is 5.91 Å². The predicted octanol–water partition coefficient (Wildman–Crippen LogP) is 1.89. The first-order valence-corrected chi connectivity index (χ1v) is 6.50. The molecule has 2 heterocycles. The minimum atomic E-state index is -0.258. The van der Waals surface area contributed by atoms with Gasteiger partial charge in [0.15, 0.2) is 5.69 Å². The molecular weight excluding hydrogens is 258 g/mol. The van der Waals surface area contributed by atoms with Gasteiger partial charge in [-0.1, -0.05) is 11.2 Å². The fraction of sp³-hybridized carbons (Fsp3) is 0.357. The summed E-state index contributed by atoms with van der Waals surface area (Å²) in [5, 5.41) is 6.58. The van der Waals surface area contributed by atoms with Gasteiger partial charge in [-0.2, -0.15) is 0 Å². The lowest BCUT2D eigenvalue weighted by atomic mass is 10.2. The Bertz CT molecular complexity index is 620. The van der Waals surface area contributed by atoms with Crippen molar-refractivity contribution in [3.8, 4) is 5.88 Å². The molecule has 1 aliphatic carbocycles. The van der Waals surface area contributed by atoms with Gasteiger partial charge >= 0.3 is 0 Å². The molecule has 6 heteroatoms. The molecule has 1 saturated carbocycles.